The topological polar surface area (TPSA) is 105 Å². The van der Waals surface area contributed by atoms with Gasteiger partial charge in [-0.05, 0) is 0 Å². The fourth-order valence-corrected chi connectivity index (χ4v) is 1.63. The van der Waals surface area contributed by atoms with Gasteiger partial charge in [0.05, 0.1) is 6.54 Å². The fraction of sp³-hybridized carbons (Fsp3) is 0.286. The third-order valence-corrected chi connectivity index (χ3v) is 2.44. The van der Waals surface area contributed by atoms with Crippen molar-refractivity contribution in [1.82, 2.24) is 10.3 Å². The van der Waals surface area contributed by atoms with Gasteiger partial charge in [-0.1, -0.05) is 11.3 Å². The summed E-state index contributed by atoms with van der Waals surface area (Å²) in [7, 11) is 0. The molecule has 0 radical (unpaired) electrons. The van der Waals surface area contributed by atoms with Gasteiger partial charge in [0.1, 0.15) is 10.0 Å². The number of nitrogen functional groups attached to an aromatic ring is 1. The zero-order valence-corrected chi connectivity index (χ0v) is 8.85. The van der Waals surface area contributed by atoms with Crippen LogP contribution >= 0.6 is 11.3 Å². The molecular weight excluding hydrogens is 263 g/mol. The molecule has 0 aromatic carbocycles. The van der Waals surface area contributed by atoms with Gasteiger partial charge in [0.15, 0.2) is 5.69 Å². The van der Waals surface area contributed by atoms with Crippen LogP contribution in [-0.2, 0) is 11.3 Å². The van der Waals surface area contributed by atoms with Crippen molar-refractivity contribution in [2.75, 3.05) is 5.73 Å². The van der Waals surface area contributed by atoms with Gasteiger partial charge in [-0.25, -0.2) is 9.78 Å². The summed E-state index contributed by atoms with van der Waals surface area (Å²) >= 11 is 0.699. The summed E-state index contributed by atoms with van der Waals surface area (Å²) in [6.45, 7) is -0.527. The van der Waals surface area contributed by atoms with Crippen LogP contribution in [0, 0.1) is 0 Å². The number of hydrogen-bond donors (Lipinski definition) is 3. The van der Waals surface area contributed by atoms with Crippen molar-refractivity contribution in [3.63, 3.8) is 0 Å². The average molecular weight is 269 g/mol. The van der Waals surface area contributed by atoms with E-state index in [1.54, 1.807) is 5.32 Å². The number of nitrogens with zero attached hydrogens (tertiary/aromatic N) is 1. The first-order valence-corrected chi connectivity index (χ1v) is 4.87. The summed E-state index contributed by atoms with van der Waals surface area (Å²) in [6.07, 6.45) is -4.99. The molecule has 4 N–H and O–H groups in total. The van der Waals surface area contributed by atoms with E-state index in [1.807, 2.05) is 0 Å². The van der Waals surface area contributed by atoms with Gasteiger partial charge in [-0.3, -0.25) is 4.79 Å². The predicted molar refractivity (Wildman–Crippen MR) is 51.4 cm³/mol. The molecule has 0 fully saturated rings. The van der Waals surface area contributed by atoms with Crippen molar-refractivity contribution in [2.45, 2.75) is 12.7 Å². The van der Waals surface area contributed by atoms with E-state index in [1.165, 1.54) is 0 Å². The van der Waals surface area contributed by atoms with Crippen LogP contribution in [0.1, 0.15) is 15.5 Å². The highest BCUT2D eigenvalue weighted by Gasteiger charge is 2.38. The molecule has 0 aliphatic carbocycles. The second kappa shape index (κ2) is 4.57. The van der Waals surface area contributed by atoms with Crippen LogP contribution in [-0.4, -0.2) is 28.1 Å². The molecule has 94 valence electrons. The Morgan fingerprint density at radius 1 is 1.47 bits per heavy atom. The van der Waals surface area contributed by atoms with Gasteiger partial charge in [0.2, 0.25) is 0 Å². The summed E-state index contributed by atoms with van der Waals surface area (Å²) in [5.74, 6) is -3.50. The molecule has 0 spiro atoms. The monoisotopic (exact) mass is 269 g/mol. The van der Waals surface area contributed by atoms with Gasteiger partial charge in [0.25, 0.3) is 0 Å². The van der Waals surface area contributed by atoms with E-state index in [2.05, 4.69) is 4.98 Å². The van der Waals surface area contributed by atoms with Crippen molar-refractivity contribution in [2.24, 2.45) is 0 Å². The number of rotatable bonds is 3. The highest BCUT2D eigenvalue weighted by Crippen LogP contribution is 2.21. The second-order valence-electron chi connectivity index (χ2n) is 2.81. The predicted octanol–water partition coefficient (Wildman–Crippen LogP) is 0.602. The minimum atomic E-state index is -4.99. The Kier molecular flexibility index (Phi) is 3.56. The zero-order valence-electron chi connectivity index (χ0n) is 8.04. The number of thiazole rings is 1. The number of aromatic carboxylic acids is 1. The molecule has 1 aromatic heterocycles. The number of amides is 1. The smallest absolute Gasteiger partial charge is 0.471 e. The van der Waals surface area contributed by atoms with Crippen molar-refractivity contribution in [1.29, 1.82) is 0 Å². The molecule has 1 rings (SSSR count). The molecule has 1 heterocycles. The highest BCUT2D eigenvalue weighted by atomic mass is 32.1. The summed E-state index contributed by atoms with van der Waals surface area (Å²) in [5, 5.41) is 9.99. The van der Waals surface area contributed by atoms with Crippen LogP contribution in [0.15, 0.2) is 0 Å². The highest BCUT2D eigenvalue weighted by molar-refractivity contribution is 7.15. The molecule has 0 aliphatic heterocycles. The number of halogens is 3. The van der Waals surface area contributed by atoms with Crippen molar-refractivity contribution in [3.05, 3.63) is 10.7 Å². The van der Waals surface area contributed by atoms with E-state index in [9.17, 15) is 22.8 Å². The molecule has 0 saturated heterocycles. The Labute approximate surface area is 96.3 Å². The Balaban J connectivity index is 2.68. The van der Waals surface area contributed by atoms with Crippen molar-refractivity contribution >= 4 is 28.2 Å². The van der Waals surface area contributed by atoms with Gasteiger partial charge in [0, 0.05) is 0 Å². The van der Waals surface area contributed by atoms with E-state index in [0.717, 1.165) is 0 Å². The molecule has 0 saturated carbocycles. The van der Waals surface area contributed by atoms with E-state index in [-0.39, 0.29) is 10.0 Å². The molecule has 0 aliphatic rings. The minimum absolute atomic E-state index is 0.0162. The van der Waals surface area contributed by atoms with Gasteiger partial charge in [-0.15, -0.1) is 0 Å². The molecule has 1 amide bonds. The summed E-state index contributed by atoms with van der Waals surface area (Å²) in [4.78, 5) is 24.5. The van der Waals surface area contributed by atoms with Crippen LogP contribution in [0.4, 0.5) is 18.2 Å². The number of carbonyl (C=O) groups excluding carboxylic acids is 1. The Hall–Kier alpha value is -1.84. The second-order valence-corrected chi connectivity index (χ2v) is 3.92. The zero-order chi connectivity index (χ0) is 13.2. The maximum atomic E-state index is 11.8. The Bertz CT molecular complexity index is 457. The first kappa shape index (κ1) is 13.2. The lowest BCUT2D eigenvalue weighted by Gasteiger charge is -2.05. The van der Waals surface area contributed by atoms with Gasteiger partial charge in [-0.2, -0.15) is 13.2 Å². The number of carbonyl (C=O) groups is 2. The first-order valence-electron chi connectivity index (χ1n) is 4.05. The van der Waals surface area contributed by atoms with Crippen LogP contribution in [0.5, 0.6) is 0 Å². The molecule has 0 unspecified atom stereocenters. The third kappa shape index (κ3) is 3.31. The summed E-state index contributed by atoms with van der Waals surface area (Å²) < 4.78 is 35.5. The third-order valence-electron chi connectivity index (χ3n) is 1.56. The minimum Gasteiger partial charge on any atom is -0.476 e. The van der Waals surface area contributed by atoms with Gasteiger partial charge >= 0.3 is 18.1 Å². The largest absolute Gasteiger partial charge is 0.476 e. The Morgan fingerprint density at radius 2 is 2.06 bits per heavy atom. The molecule has 6 nitrogen and oxygen atoms in total. The molecule has 10 heteroatoms. The van der Waals surface area contributed by atoms with Crippen LogP contribution in [0.3, 0.4) is 0 Å². The number of nitrogens with one attached hydrogen (secondary N) is 1. The number of hydrogen-bond acceptors (Lipinski definition) is 5. The first-order chi connectivity index (χ1) is 7.71. The number of aromatic nitrogens is 1. The number of alkyl halides is 3. The lowest BCUT2D eigenvalue weighted by molar-refractivity contribution is -0.173. The van der Waals surface area contributed by atoms with E-state index >= 15 is 0 Å². The normalized spacial score (nSPS) is 11.2. The molecule has 17 heavy (non-hydrogen) atoms. The van der Waals surface area contributed by atoms with Gasteiger partial charge < -0.3 is 16.2 Å². The van der Waals surface area contributed by atoms with E-state index in [4.69, 9.17) is 10.8 Å². The van der Waals surface area contributed by atoms with E-state index in [0.29, 0.717) is 11.3 Å². The number of nitrogens with two attached hydrogens (primary N) is 1. The number of carboxylic acids is 1. The van der Waals surface area contributed by atoms with E-state index < -0.39 is 30.3 Å². The quantitative estimate of drug-likeness (QED) is 0.745. The number of anilines is 1. The molecule has 0 atom stereocenters. The van der Waals surface area contributed by atoms with Crippen LogP contribution in [0.25, 0.3) is 0 Å². The molecule has 0 bridgehead atoms. The number of carboxylic acid groups (broad SMARTS) is 1. The fourth-order valence-electron chi connectivity index (χ4n) is 0.863. The maximum Gasteiger partial charge on any atom is 0.471 e. The summed E-state index contributed by atoms with van der Waals surface area (Å²) in [6, 6.07) is 0. The lowest BCUT2D eigenvalue weighted by Crippen LogP contribution is -2.36. The van der Waals surface area contributed by atoms with Crippen LogP contribution in [0.2, 0.25) is 0 Å². The lowest BCUT2D eigenvalue weighted by atomic mass is 10.4. The van der Waals surface area contributed by atoms with Crippen molar-refractivity contribution < 1.29 is 27.9 Å². The van der Waals surface area contributed by atoms with Crippen molar-refractivity contribution in [3.8, 4) is 0 Å². The molecule has 1 aromatic rings. The standard InChI is InChI=1S/C7H6F3N3O3S/c8-7(9,10)6(16)12-1-2-13-3(5(14)15)4(11)17-2/h1,11H2,(H,12,16)(H,14,15). The Morgan fingerprint density at radius 3 is 2.47 bits per heavy atom. The summed E-state index contributed by atoms with van der Waals surface area (Å²) in [5.41, 5.74) is 4.84. The SMILES string of the molecule is Nc1sc(CNC(=O)C(F)(F)F)nc1C(=O)O. The average Bonchev–Trinajstić information content (AvgIpc) is 2.54. The van der Waals surface area contributed by atoms with Crippen LogP contribution < -0.4 is 11.1 Å². The molecular formula is C7H6F3N3O3S. The maximum absolute atomic E-state index is 11.8.